The fraction of sp³-hybridized carbons (Fsp3) is 0.250. The van der Waals surface area contributed by atoms with Crippen LogP contribution in [-0.4, -0.2) is 21.1 Å². The highest BCUT2D eigenvalue weighted by atomic mass is 16.2. The summed E-state index contributed by atoms with van der Waals surface area (Å²) in [5.74, 6) is 1.12. The summed E-state index contributed by atoms with van der Waals surface area (Å²) in [5.41, 5.74) is 3.36. The SMILES string of the molecule is CC(=O)c1ccc(C)c(NC(=O)c2nc(C3CC3)n3ccccc23)c1. The van der Waals surface area contributed by atoms with Crippen molar-refractivity contribution in [3.8, 4) is 0 Å². The molecule has 0 atom stereocenters. The molecule has 3 aromatic rings. The maximum Gasteiger partial charge on any atom is 0.276 e. The molecule has 1 amide bonds. The number of nitrogens with zero attached hydrogens (tertiary/aromatic N) is 2. The first-order valence-corrected chi connectivity index (χ1v) is 8.44. The molecular formula is C20H19N3O2. The Morgan fingerprint density at radius 2 is 2.00 bits per heavy atom. The van der Waals surface area contributed by atoms with Crippen LogP contribution in [-0.2, 0) is 0 Å². The first-order chi connectivity index (χ1) is 12.0. The van der Waals surface area contributed by atoms with Gasteiger partial charge in [-0.25, -0.2) is 4.98 Å². The number of Topliss-reactive ketones (excluding diaryl/α,β-unsaturated/α-hetero) is 1. The van der Waals surface area contributed by atoms with Gasteiger partial charge < -0.3 is 9.72 Å². The lowest BCUT2D eigenvalue weighted by Crippen LogP contribution is -2.14. The van der Waals surface area contributed by atoms with E-state index in [0.717, 1.165) is 29.7 Å². The van der Waals surface area contributed by atoms with Crippen LogP contribution in [0.5, 0.6) is 0 Å². The van der Waals surface area contributed by atoms with Crippen LogP contribution in [0.4, 0.5) is 5.69 Å². The van der Waals surface area contributed by atoms with E-state index in [2.05, 4.69) is 10.3 Å². The van der Waals surface area contributed by atoms with Crippen molar-refractivity contribution in [2.75, 3.05) is 5.32 Å². The van der Waals surface area contributed by atoms with Gasteiger partial charge in [-0.2, -0.15) is 0 Å². The summed E-state index contributed by atoms with van der Waals surface area (Å²) < 4.78 is 2.01. The zero-order valence-corrected chi connectivity index (χ0v) is 14.2. The summed E-state index contributed by atoms with van der Waals surface area (Å²) in [5, 5.41) is 2.92. The van der Waals surface area contributed by atoms with Crippen molar-refractivity contribution in [2.45, 2.75) is 32.6 Å². The number of aromatic nitrogens is 2. The molecule has 126 valence electrons. The third-order valence-corrected chi connectivity index (χ3v) is 4.63. The third-order valence-electron chi connectivity index (χ3n) is 4.63. The molecule has 0 unspecified atom stereocenters. The lowest BCUT2D eigenvalue weighted by molar-refractivity contribution is 0.101. The molecular weight excluding hydrogens is 314 g/mol. The molecule has 25 heavy (non-hydrogen) atoms. The number of nitrogens with one attached hydrogen (secondary N) is 1. The highest BCUT2D eigenvalue weighted by Gasteiger charge is 2.30. The average Bonchev–Trinajstić information content (AvgIpc) is 3.37. The van der Waals surface area contributed by atoms with Crippen molar-refractivity contribution >= 4 is 22.9 Å². The maximum absolute atomic E-state index is 12.8. The van der Waals surface area contributed by atoms with Gasteiger partial charge in [-0.15, -0.1) is 0 Å². The summed E-state index contributed by atoms with van der Waals surface area (Å²) in [6, 6.07) is 11.1. The summed E-state index contributed by atoms with van der Waals surface area (Å²) in [4.78, 5) is 29.1. The molecule has 0 saturated heterocycles. The quantitative estimate of drug-likeness (QED) is 0.735. The Hall–Kier alpha value is -2.95. The predicted molar refractivity (Wildman–Crippen MR) is 96.3 cm³/mol. The van der Waals surface area contributed by atoms with Crippen LogP contribution in [0, 0.1) is 6.92 Å². The molecule has 1 N–H and O–H groups in total. The van der Waals surface area contributed by atoms with Gasteiger partial charge in [-0.1, -0.05) is 18.2 Å². The maximum atomic E-state index is 12.8. The van der Waals surface area contributed by atoms with E-state index in [0.29, 0.717) is 22.9 Å². The first-order valence-electron chi connectivity index (χ1n) is 8.44. The molecule has 1 aliphatic rings. The molecule has 0 radical (unpaired) electrons. The zero-order valence-electron chi connectivity index (χ0n) is 14.2. The van der Waals surface area contributed by atoms with Crippen LogP contribution in [0.3, 0.4) is 0 Å². The second kappa shape index (κ2) is 5.84. The molecule has 2 aromatic heterocycles. The third kappa shape index (κ3) is 2.82. The number of hydrogen-bond donors (Lipinski definition) is 1. The van der Waals surface area contributed by atoms with Gasteiger partial charge in [0.2, 0.25) is 0 Å². The van der Waals surface area contributed by atoms with Crippen LogP contribution >= 0.6 is 0 Å². The van der Waals surface area contributed by atoms with Gasteiger partial charge in [0.1, 0.15) is 5.82 Å². The van der Waals surface area contributed by atoms with Crippen LogP contribution in [0.15, 0.2) is 42.6 Å². The number of benzene rings is 1. The average molecular weight is 333 g/mol. The number of carbonyl (C=O) groups excluding carboxylic acids is 2. The molecule has 5 nitrogen and oxygen atoms in total. The second-order valence-corrected chi connectivity index (χ2v) is 6.59. The molecule has 4 rings (SSSR count). The molecule has 1 aliphatic carbocycles. The highest BCUT2D eigenvalue weighted by Crippen LogP contribution is 2.40. The number of rotatable bonds is 4. The first kappa shape index (κ1) is 15.6. The lowest BCUT2D eigenvalue weighted by atomic mass is 10.1. The van der Waals surface area contributed by atoms with Crippen molar-refractivity contribution < 1.29 is 9.59 Å². The van der Waals surface area contributed by atoms with Crippen LogP contribution in [0.2, 0.25) is 0 Å². The van der Waals surface area contributed by atoms with Gasteiger partial charge >= 0.3 is 0 Å². The van der Waals surface area contributed by atoms with Crippen molar-refractivity contribution in [2.24, 2.45) is 0 Å². The standard InChI is InChI=1S/C20H19N3O2/c1-12-6-7-15(13(2)24)11-16(12)21-20(25)18-17-5-3-4-10-23(17)19(22-18)14-8-9-14/h3-7,10-11,14H,8-9H2,1-2H3,(H,21,25). The minimum atomic E-state index is -0.251. The normalized spacial score (nSPS) is 13.8. The number of carbonyl (C=O) groups is 2. The van der Waals surface area contributed by atoms with Gasteiger partial charge in [0.15, 0.2) is 11.5 Å². The monoisotopic (exact) mass is 333 g/mol. The smallest absolute Gasteiger partial charge is 0.276 e. The number of pyridine rings is 1. The molecule has 2 heterocycles. The van der Waals surface area contributed by atoms with Gasteiger partial charge in [0, 0.05) is 23.4 Å². The number of hydrogen-bond acceptors (Lipinski definition) is 3. The summed E-state index contributed by atoms with van der Waals surface area (Å²) in [7, 11) is 0. The minimum Gasteiger partial charge on any atom is -0.320 e. The fourth-order valence-electron chi connectivity index (χ4n) is 3.02. The van der Waals surface area contributed by atoms with E-state index < -0.39 is 0 Å². The van der Waals surface area contributed by atoms with Crippen molar-refractivity contribution in [1.29, 1.82) is 0 Å². The second-order valence-electron chi connectivity index (χ2n) is 6.59. The number of imidazole rings is 1. The van der Waals surface area contributed by atoms with E-state index in [-0.39, 0.29) is 11.7 Å². The fourth-order valence-corrected chi connectivity index (χ4v) is 3.02. The Morgan fingerprint density at radius 3 is 2.72 bits per heavy atom. The molecule has 0 aliphatic heterocycles. The van der Waals surface area contributed by atoms with Gasteiger partial charge in [0.25, 0.3) is 5.91 Å². The van der Waals surface area contributed by atoms with Crippen molar-refractivity contribution in [3.63, 3.8) is 0 Å². The van der Waals surface area contributed by atoms with Gasteiger partial charge in [-0.3, -0.25) is 9.59 Å². The summed E-state index contributed by atoms with van der Waals surface area (Å²) >= 11 is 0. The number of ketones is 1. The lowest BCUT2D eigenvalue weighted by Gasteiger charge is -2.09. The van der Waals surface area contributed by atoms with E-state index in [1.165, 1.54) is 6.92 Å². The molecule has 1 saturated carbocycles. The Kier molecular flexibility index (Phi) is 3.64. The van der Waals surface area contributed by atoms with Crippen LogP contribution in [0.1, 0.15) is 57.9 Å². The molecule has 0 bridgehead atoms. The zero-order chi connectivity index (χ0) is 17.6. The minimum absolute atomic E-state index is 0.0287. The Labute approximate surface area is 145 Å². The van der Waals surface area contributed by atoms with Gasteiger partial charge in [0.05, 0.1) is 5.52 Å². The molecule has 1 fully saturated rings. The highest BCUT2D eigenvalue weighted by molar-refractivity contribution is 6.08. The number of amides is 1. The van der Waals surface area contributed by atoms with E-state index in [9.17, 15) is 9.59 Å². The van der Waals surface area contributed by atoms with E-state index in [1.54, 1.807) is 12.1 Å². The topological polar surface area (TPSA) is 63.5 Å². The van der Waals surface area contributed by atoms with E-state index in [4.69, 9.17) is 0 Å². The predicted octanol–water partition coefficient (Wildman–Crippen LogP) is 3.98. The summed E-state index contributed by atoms with van der Waals surface area (Å²) in [6.07, 6.45) is 4.19. The Balaban J connectivity index is 1.72. The van der Waals surface area contributed by atoms with Crippen molar-refractivity contribution in [1.82, 2.24) is 9.38 Å². The van der Waals surface area contributed by atoms with Crippen LogP contribution < -0.4 is 5.32 Å². The number of fused-ring (bicyclic) bond motifs is 1. The molecule has 0 spiro atoms. The molecule has 1 aromatic carbocycles. The Bertz CT molecular complexity index is 999. The number of aryl methyl sites for hydroxylation is 1. The Morgan fingerprint density at radius 1 is 1.20 bits per heavy atom. The van der Waals surface area contributed by atoms with Crippen LogP contribution in [0.25, 0.3) is 5.52 Å². The number of anilines is 1. The van der Waals surface area contributed by atoms with E-state index in [1.807, 2.05) is 41.8 Å². The van der Waals surface area contributed by atoms with E-state index >= 15 is 0 Å². The largest absolute Gasteiger partial charge is 0.320 e. The van der Waals surface area contributed by atoms with Crippen molar-refractivity contribution in [3.05, 3.63) is 65.2 Å². The summed E-state index contributed by atoms with van der Waals surface area (Å²) in [6.45, 7) is 3.42. The molecule has 5 heteroatoms. The van der Waals surface area contributed by atoms with Gasteiger partial charge in [-0.05, 0) is 50.5 Å².